The number of rotatable bonds is 4. The zero-order valence-electron chi connectivity index (χ0n) is 13.3. The molecule has 2 aromatic heterocycles. The minimum absolute atomic E-state index is 0.0952. The molecule has 0 radical (unpaired) electrons. The number of nitrogens with one attached hydrogen (secondary N) is 1. The first-order valence-electron chi connectivity index (χ1n) is 7.71. The van der Waals surface area contributed by atoms with Crippen LogP contribution in [0.4, 0.5) is 5.82 Å². The van der Waals surface area contributed by atoms with Crippen LogP contribution in [0.1, 0.15) is 31.0 Å². The van der Waals surface area contributed by atoms with Gasteiger partial charge < -0.3 is 10.2 Å². The second-order valence-electron chi connectivity index (χ2n) is 5.89. The van der Waals surface area contributed by atoms with Gasteiger partial charge in [-0.15, -0.1) is 0 Å². The molecule has 1 aliphatic rings. The fraction of sp³-hybridized carbons (Fsp3) is 0.500. The van der Waals surface area contributed by atoms with Crippen LogP contribution in [-0.2, 0) is 4.79 Å². The van der Waals surface area contributed by atoms with E-state index in [1.807, 2.05) is 24.8 Å². The molecule has 0 aliphatic carbocycles. The highest BCUT2D eigenvalue weighted by Crippen LogP contribution is 2.25. The Balaban J connectivity index is 1.87. The molecular weight excluding hydrogens is 278 g/mol. The third kappa shape index (κ3) is 2.73. The lowest BCUT2D eigenvalue weighted by atomic mass is 10.1. The number of carbonyl (C=O) groups excluding carboxylic acids is 1. The van der Waals surface area contributed by atoms with Crippen LogP contribution in [0.2, 0.25) is 0 Å². The number of hydrogen-bond donors (Lipinski definition) is 1. The van der Waals surface area contributed by atoms with E-state index in [0.717, 1.165) is 42.0 Å². The number of aryl methyl sites for hydroxylation is 2. The number of aromatic nitrogens is 3. The van der Waals surface area contributed by atoms with Crippen LogP contribution in [0.3, 0.4) is 0 Å². The van der Waals surface area contributed by atoms with Crippen molar-refractivity contribution in [3.8, 4) is 0 Å². The molecule has 0 bridgehead atoms. The normalized spacial score (nSPS) is 18.2. The van der Waals surface area contributed by atoms with Crippen LogP contribution in [0, 0.1) is 13.8 Å². The van der Waals surface area contributed by atoms with E-state index < -0.39 is 0 Å². The van der Waals surface area contributed by atoms with E-state index in [4.69, 9.17) is 0 Å². The van der Waals surface area contributed by atoms with Gasteiger partial charge in [-0.3, -0.25) is 4.79 Å². The second-order valence-corrected chi connectivity index (χ2v) is 5.89. The predicted octanol–water partition coefficient (Wildman–Crippen LogP) is 2.06. The Morgan fingerprint density at radius 1 is 1.36 bits per heavy atom. The molecule has 6 nitrogen and oxygen atoms in total. The summed E-state index contributed by atoms with van der Waals surface area (Å²) in [5, 5.41) is 4.35. The number of pyridine rings is 1. The third-order valence-corrected chi connectivity index (χ3v) is 3.98. The van der Waals surface area contributed by atoms with Crippen molar-refractivity contribution in [2.45, 2.75) is 39.7 Å². The monoisotopic (exact) mass is 299 g/mol. The van der Waals surface area contributed by atoms with Crippen LogP contribution in [0.25, 0.3) is 11.0 Å². The number of hydrogen-bond acceptors (Lipinski definition) is 5. The maximum atomic E-state index is 12.0. The molecule has 116 valence electrons. The first kappa shape index (κ1) is 14.7. The minimum Gasteiger partial charge on any atom is -0.364 e. The zero-order chi connectivity index (χ0) is 15.7. The van der Waals surface area contributed by atoms with E-state index in [1.165, 1.54) is 6.33 Å². The van der Waals surface area contributed by atoms with Gasteiger partial charge in [0.1, 0.15) is 12.1 Å². The molecular formula is C16H21N5O. The number of fused-ring (bicyclic) bond motifs is 1. The van der Waals surface area contributed by atoms with Crippen LogP contribution in [0.15, 0.2) is 12.4 Å². The average Bonchev–Trinajstić information content (AvgIpc) is 2.78. The van der Waals surface area contributed by atoms with Crippen molar-refractivity contribution in [1.82, 2.24) is 19.9 Å². The van der Waals surface area contributed by atoms with Crippen LogP contribution < -0.4 is 5.32 Å². The first-order chi connectivity index (χ1) is 10.6. The minimum atomic E-state index is 0.0952. The van der Waals surface area contributed by atoms with Gasteiger partial charge in [-0.25, -0.2) is 15.0 Å². The molecule has 0 unspecified atom stereocenters. The maximum absolute atomic E-state index is 12.0. The van der Waals surface area contributed by atoms with Crippen molar-refractivity contribution in [1.29, 1.82) is 0 Å². The molecule has 0 aromatic carbocycles. The topological polar surface area (TPSA) is 71.0 Å². The van der Waals surface area contributed by atoms with E-state index in [2.05, 4.69) is 27.2 Å². The van der Waals surface area contributed by atoms with E-state index in [0.29, 0.717) is 12.1 Å². The Morgan fingerprint density at radius 3 is 2.95 bits per heavy atom. The number of likely N-dealkylation sites (tertiary alicyclic amines) is 1. The van der Waals surface area contributed by atoms with Crippen molar-refractivity contribution < 1.29 is 4.79 Å². The summed E-state index contributed by atoms with van der Waals surface area (Å²) in [5.74, 6) is 0.981. The molecule has 1 aliphatic heterocycles. The van der Waals surface area contributed by atoms with Gasteiger partial charge in [-0.05, 0) is 31.9 Å². The molecule has 0 spiro atoms. The quantitative estimate of drug-likeness (QED) is 0.935. The summed E-state index contributed by atoms with van der Waals surface area (Å²) in [4.78, 5) is 27.0. The highest BCUT2D eigenvalue weighted by atomic mass is 16.2. The van der Waals surface area contributed by atoms with Gasteiger partial charge in [-0.2, -0.15) is 0 Å². The lowest BCUT2D eigenvalue weighted by Gasteiger charge is -2.17. The van der Waals surface area contributed by atoms with Crippen molar-refractivity contribution in [3.63, 3.8) is 0 Å². The number of amides is 1. The molecule has 1 amide bonds. The first-order valence-corrected chi connectivity index (χ1v) is 7.71. The predicted molar refractivity (Wildman–Crippen MR) is 85.7 cm³/mol. The lowest BCUT2D eigenvalue weighted by molar-refractivity contribution is -0.127. The largest absolute Gasteiger partial charge is 0.364 e. The molecule has 1 saturated heterocycles. The molecule has 6 heteroatoms. The van der Waals surface area contributed by atoms with Crippen molar-refractivity contribution in [2.24, 2.45) is 0 Å². The standard InChI is InChI=1S/C16H21N5O/c1-4-5-21-8-12(7-13(21)22)20-16-14-10(2)6-11(3)19-15(14)17-9-18-16/h6,9,12H,4-5,7-8H2,1-3H3,(H,17,18,19,20)/t12-/m0/s1. The Kier molecular flexibility index (Phi) is 3.92. The van der Waals surface area contributed by atoms with E-state index in [9.17, 15) is 4.79 Å². The molecule has 0 saturated carbocycles. The zero-order valence-corrected chi connectivity index (χ0v) is 13.3. The lowest BCUT2D eigenvalue weighted by Crippen LogP contribution is -2.28. The summed E-state index contributed by atoms with van der Waals surface area (Å²) < 4.78 is 0. The highest BCUT2D eigenvalue weighted by Gasteiger charge is 2.29. The summed E-state index contributed by atoms with van der Waals surface area (Å²) >= 11 is 0. The Labute approximate surface area is 130 Å². The second kappa shape index (κ2) is 5.87. The summed E-state index contributed by atoms with van der Waals surface area (Å²) in [6, 6.07) is 2.12. The molecule has 3 rings (SSSR count). The van der Waals surface area contributed by atoms with Crippen LogP contribution in [-0.4, -0.2) is 44.9 Å². The van der Waals surface area contributed by atoms with Crippen molar-refractivity contribution in [2.75, 3.05) is 18.4 Å². The maximum Gasteiger partial charge on any atom is 0.224 e. The number of nitrogens with zero attached hydrogens (tertiary/aromatic N) is 4. The van der Waals surface area contributed by atoms with Gasteiger partial charge in [0, 0.05) is 25.2 Å². The summed E-state index contributed by atoms with van der Waals surface area (Å²) in [6.07, 6.45) is 3.03. The van der Waals surface area contributed by atoms with Gasteiger partial charge in [-0.1, -0.05) is 6.92 Å². The fourth-order valence-corrected chi connectivity index (χ4v) is 3.07. The number of carbonyl (C=O) groups is 1. The van der Waals surface area contributed by atoms with Gasteiger partial charge >= 0.3 is 0 Å². The molecule has 1 atom stereocenters. The summed E-state index contributed by atoms with van der Waals surface area (Å²) in [5.41, 5.74) is 2.74. The van der Waals surface area contributed by atoms with E-state index in [-0.39, 0.29) is 11.9 Å². The van der Waals surface area contributed by atoms with Gasteiger partial charge in [0.05, 0.1) is 11.4 Å². The third-order valence-electron chi connectivity index (χ3n) is 3.98. The Hall–Kier alpha value is -2.24. The van der Waals surface area contributed by atoms with E-state index in [1.54, 1.807) is 0 Å². The molecule has 1 fully saturated rings. The van der Waals surface area contributed by atoms with Gasteiger partial charge in [0.2, 0.25) is 5.91 Å². The smallest absolute Gasteiger partial charge is 0.224 e. The molecule has 3 heterocycles. The van der Waals surface area contributed by atoms with Crippen LogP contribution in [0.5, 0.6) is 0 Å². The SMILES string of the molecule is CCCN1C[C@@H](Nc2ncnc3nc(C)cc(C)c23)CC1=O. The average molecular weight is 299 g/mol. The van der Waals surface area contributed by atoms with Gasteiger partial charge in [0.15, 0.2) is 5.65 Å². The fourth-order valence-electron chi connectivity index (χ4n) is 3.07. The number of anilines is 1. The van der Waals surface area contributed by atoms with Crippen LogP contribution >= 0.6 is 0 Å². The molecule has 22 heavy (non-hydrogen) atoms. The van der Waals surface area contributed by atoms with Crippen molar-refractivity contribution in [3.05, 3.63) is 23.7 Å². The van der Waals surface area contributed by atoms with Gasteiger partial charge in [0.25, 0.3) is 0 Å². The summed E-state index contributed by atoms with van der Waals surface area (Å²) in [6.45, 7) is 7.63. The molecule has 1 N–H and O–H groups in total. The Morgan fingerprint density at radius 2 is 2.18 bits per heavy atom. The van der Waals surface area contributed by atoms with Crippen molar-refractivity contribution >= 4 is 22.8 Å². The summed E-state index contributed by atoms with van der Waals surface area (Å²) in [7, 11) is 0. The van der Waals surface area contributed by atoms with E-state index >= 15 is 0 Å². The molecule has 2 aromatic rings. The highest BCUT2D eigenvalue weighted by molar-refractivity contribution is 5.90. The Bertz CT molecular complexity index is 715.